The van der Waals surface area contributed by atoms with Crippen molar-refractivity contribution in [2.24, 2.45) is 0 Å². The second kappa shape index (κ2) is 6.82. The Morgan fingerprint density at radius 2 is 2.19 bits per heavy atom. The molecule has 0 amide bonds. The Morgan fingerprint density at radius 1 is 1.33 bits per heavy atom. The van der Waals surface area contributed by atoms with Crippen LogP contribution in [0.5, 0.6) is 5.75 Å². The maximum atomic E-state index is 5.72. The molecule has 2 aromatic rings. The van der Waals surface area contributed by atoms with E-state index in [1.807, 2.05) is 0 Å². The minimum atomic E-state index is 0.208. The minimum absolute atomic E-state index is 0.208. The molecule has 2 nitrogen and oxygen atoms in total. The quantitative estimate of drug-likeness (QED) is 0.710. The maximum Gasteiger partial charge on any atom is 0.122 e. The monoisotopic (exact) mass is 429 g/mol. The molecule has 0 saturated heterocycles. The summed E-state index contributed by atoms with van der Waals surface area (Å²) >= 11 is 8.98. The van der Waals surface area contributed by atoms with E-state index in [0.29, 0.717) is 0 Å². The molecule has 1 aliphatic rings. The average molecular weight is 431 g/mol. The molecule has 2 heterocycles. The van der Waals surface area contributed by atoms with Gasteiger partial charge in [-0.1, -0.05) is 19.1 Å². The number of benzene rings is 1. The van der Waals surface area contributed by atoms with Crippen LogP contribution in [0.15, 0.2) is 31.8 Å². The molecule has 1 aliphatic heterocycles. The third kappa shape index (κ3) is 3.36. The van der Waals surface area contributed by atoms with E-state index in [4.69, 9.17) is 4.74 Å². The zero-order valence-corrected chi connectivity index (χ0v) is 15.8. The third-order valence-corrected chi connectivity index (χ3v) is 6.05. The first-order valence-corrected chi connectivity index (χ1v) is 9.53. The number of rotatable bonds is 4. The fourth-order valence-electron chi connectivity index (χ4n) is 2.72. The van der Waals surface area contributed by atoms with E-state index < -0.39 is 0 Å². The predicted octanol–water partition coefficient (Wildman–Crippen LogP) is 5.30. The van der Waals surface area contributed by atoms with Crippen molar-refractivity contribution in [3.63, 3.8) is 0 Å². The lowest BCUT2D eigenvalue weighted by atomic mass is 9.96. The van der Waals surface area contributed by atoms with Crippen molar-refractivity contribution < 1.29 is 4.74 Å². The number of ether oxygens (including phenoxy) is 1. The predicted molar refractivity (Wildman–Crippen MR) is 95.5 cm³/mol. The SMILES string of the molecule is CCNC(c1ccc2c(c1)CCCO2)c1cc(Br)sc1Br. The normalized spacial score (nSPS) is 15.4. The molecule has 0 fully saturated rings. The van der Waals surface area contributed by atoms with Gasteiger partial charge in [0, 0.05) is 0 Å². The van der Waals surface area contributed by atoms with E-state index >= 15 is 0 Å². The van der Waals surface area contributed by atoms with Crippen LogP contribution in [0.3, 0.4) is 0 Å². The van der Waals surface area contributed by atoms with Gasteiger partial charge in [-0.3, -0.25) is 0 Å². The minimum Gasteiger partial charge on any atom is -0.493 e. The largest absolute Gasteiger partial charge is 0.493 e. The molecule has 0 radical (unpaired) electrons. The molecular weight excluding hydrogens is 414 g/mol. The molecule has 21 heavy (non-hydrogen) atoms. The van der Waals surface area contributed by atoms with Gasteiger partial charge in [0.05, 0.1) is 20.2 Å². The molecule has 1 N–H and O–H groups in total. The Bertz CT molecular complexity index is 641. The summed E-state index contributed by atoms with van der Waals surface area (Å²) in [5, 5.41) is 3.59. The van der Waals surface area contributed by atoms with Gasteiger partial charge >= 0.3 is 0 Å². The van der Waals surface area contributed by atoms with Crippen LogP contribution >= 0.6 is 43.2 Å². The number of nitrogens with one attached hydrogen (secondary N) is 1. The van der Waals surface area contributed by atoms with Crippen molar-refractivity contribution >= 4 is 43.2 Å². The average Bonchev–Trinajstić information content (AvgIpc) is 2.83. The van der Waals surface area contributed by atoms with Gasteiger partial charge in [0.15, 0.2) is 0 Å². The Hall–Kier alpha value is -0.360. The van der Waals surface area contributed by atoms with E-state index in [2.05, 4.69) is 68.4 Å². The lowest BCUT2D eigenvalue weighted by molar-refractivity contribution is 0.288. The number of hydrogen-bond donors (Lipinski definition) is 1. The summed E-state index contributed by atoms with van der Waals surface area (Å²) in [6, 6.07) is 8.98. The van der Waals surface area contributed by atoms with Crippen LogP contribution in [-0.2, 0) is 6.42 Å². The highest BCUT2D eigenvalue weighted by molar-refractivity contribution is 9.12. The molecule has 112 valence electrons. The molecule has 0 spiro atoms. The number of hydrogen-bond acceptors (Lipinski definition) is 3. The van der Waals surface area contributed by atoms with Crippen molar-refractivity contribution in [1.29, 1.82) is 0 Å². The van der Waals surface area contributed by atoms with E-state index in [1.54, 1.807) is 11.3 Å². The summed E-state index contributed by atoms with van der Waals surface area (Å²) in [4.78, 5) is 0. The second-order valence-corrected chi connectivity index (χ2v) is 8.84. The lowest BCUT2D eigenvalue weighted by Gasteiger charge is -2.22. The summed E-state index contributed by atoms with van der Waals surface area (Å²) in [5.41, 5.74) is 3.91. The number of halogens is 2. The zero-order chi connectivity index (χ0) is 14.8. The highest BCUT2D eigenvalue weighted by Crippen LogP contribution is 2.39. The van der Waals surface area contributed by atoms with Crippen LogP contribution in [-0.4, -0.2) is 13.2 Å². The standard InChI is InChI=1S/C16H17Br2NOS/c1-2-19-15(12-9-14(17)21-16(12)18)11-5-6-13-10(8-11)4-3-7-20-13/h5-6,8-9,15,19H,2-4,7H2,1H3. The summed E-state index contributed by atoms with van der Waals surface area (Å²) in [6.07, 6.45) is 2.21. The molecule has 3 rings (SSSR count). The lowest BCUT2D eigenvalue weighted by Crippen LogP contribution is -2.22. The molecule has 1 aromatic heterocycles. The number of aryl methyl sites for hydroxylation is 1. The van der Waals surface area contributed by atoms with Crippen LogP contribution in [0.2, 0.25) is 0 Å². The Kier molecular flexibility index (Phi) is 5.04. The Morgan fingerprint density at radius 3 is 2.90 bits per heavy atom. The molecule has 1 unspecified atom stereocenters. The molecule has 0 bridgehead atoms. The molecule has 0 aliphatic carbocycles. The maximum absolute atomic E-state index is 5.72. The first-order valence-electron chi connectivity index (χ1n) is 7.12. The number of fused-ring (bicyclic) bond motifs is 1. The van der Waals surface area contributed by atoms with Crippen molar-refractivity contribution in [3.8, 4) is 5.75 Å². The van der Waals surface area contributed by atoms with Crippen molar-refractivity contribution in [1.82, 2.24) is 5.32 Å². The molecule has 1 atom stereocenters. The van der Waals surface area contributed by atoms with Crippen molar-refractivity contribution in [2.75, 3.05) is 13.2 Å². The van der Waals surface area contributed by atoms with Gasteiger partial charge in [0.25, 0.3) is 0 Å². The van der Waals surface area contributed by atoms with Crippen LogP contribution in [0.4, 0.5) is 0 Å². The van der Waals surface area contributed by atoms with E-state index in [0.717, 1.165) is 35.5 Å². The number of thiophene rings is 1. The third-order valence-electron chi connectivity index (χ3n) is 3.67. The van der Waals surface area contributed by atoms with Gasteiger partial charge in [-0.2, -0.15) is 0 Å². The molecule has 5 heteroatoms. The van der Waals surface area contributed by atoms with Crippen LogP contribution in [0, 0.1) is 0 Å². The summed E-state index contributed by atoms with van der Waals surface area (Å²) in [5.74, 6) is 1.05. The molecule has 1 aromatic carbocycles. The second-order valence-electron chi connectivity index (χ2n) is 5.09. The Balaban J connectivity index is 1.99. The van der Waals surface area contributed by atoms with Gasteiger partial charge in [0.1, 0.15) is 5.75 Å². The van der Waals surface area contributed by atoms with Gasteiger partial charge in [-0.15, -0.1) is 11.3 Å². The fraction of sp³-hybridized carbons (Fsp3) is 0.375. The molecule has 0 saturated carbocycles. The highest BCUT2D eigenvalue weighted by Gasteiger charge is 2.20. The smallest absolute Gasteiger partial charge is 0.122 e. The summed E-state index contributed by atoms with van der Waals surface area (Å²) in [7, 11) is 0. The highest BCUT2D eigenvalue weighted by atomic mass is 79.9. The first kappa shape index (κ1) is 15.5. The van der Waals surface area contributed by atoms with Crippen molar-refractivity contribution in [2.45, 2.75) is 25.8 Å². The van der Waals surface area contributed by atoms with Gasteiger partial charge in [0.2, 0.25) is 0 Å². The van der Waals surface area contributed by atoms with E-state index in [1.165, 1.54) is 20.5 Å². The van der Waals surface area contributed by atoms with Gasteiger partial charge in [-0.25, -0.2) is 0 Å². The summed E-state index contributed by atoms with van der Waals surface area (Å²) < 4.78 is 8.04. The van der Waals surface area contributed by atoms with E-state index in [-0.39, 0.29) is 6.04 Å². The van der Waals surface area contributed by atoms with Crippen LogP contribution in [0.25, 0.3) is 0 Å². The summed E-state index contributed by atoms with van der Waals surface area (Å²) in [6.45, 7) is 3.91. The van der Waals surface area contributed by atoms with Gasteiger partial charge in [-0.05, 0) is 80.1 Å². The van der Waals surface area contributed by atoms with Crippen molar-refractivity contribution in [3.05, 3.63) is 48.5 Å². The zero-order valence-electron chi connectivity index (χ0n) is 11.8. The van der Waals surface area contributed by atoms with Crippen LogP contribution < -0.4 is 10.1 Å². The topological polar surface area (TPSA) is 21.3 Å². The van der Waals surface area contributed by atoms with Crippen LogP contribution in [0.1, 0.15) is 36.1 Å². The molecular formula is C16H17Br2NOS. The van der Waals surface area contributed by atoms with Gasteiger partial charge < -0.3 is 10.1 Å². The Labute approximate surface area is 146 Å². The first-order chi connectivity index (χ1) is 10.2. The van der Waals surface area contributed by atoms with E-state index in [9.17, 15) is 0 Å². The fourth-order valence-corrected chi connectivity index (χ4v) is 5.62.